The van der Waals surface area contributed by atoms with Gasteiger partial charge in [-0.25, -0.2) is 13.4 Å². The minimum absolute atomic E-state index is 0.184. The maximum atomic E-state index is 12.7. The fourth-order valence-electron chi connectivity index (χ4n) is 2.54. The first kappa shape index (κ1) is 13.8. The van der Waals surface area contributed by atoms with Gasteiger partial charge in [0.15, 0.2) is 0 Å². The average Bonchev–Trinajstić information content (AvgIpc) is 3.06. The molecule has 0 amide bonds. The number of hydrogen-bond acceptors (Lipinski definition) is 4. The van der Waals surface area contributed by atoms with Crippen molar-refractivity contribution in [1.29, 1.82) is 0 Å². The zero-order chi connectivity index (χ0) is 14.3. The van der Waals surface area contributed by atoms with Gasteiger partial charge < -0.3 is 10.7 Å². The molecule has 1 saturated heterocycles. The first-order valence-electron chi connectivity index (χ1n) is 6.36. The number of fused-ring (bicyclic) bond motifs is 1. The van der Waals surface area contributed by atoms with E-state index >= 15 is 0 Å². The number of nitrogens with zero attached hydrogens (tertiary/aromatic N) is 2. The number of sulfonamides is 1. The number of H-pyrrole nitrogens is 1. The molecule has 20 heavy (non-hydrogen) atoms. The first-order valence-corrected chi connectivity index (χ1v) is 8.17. The Labute approximate surface area is 122 Å². The quantitative estimate of drug-likeness (QED) is 0.890. The van der Waals surface area contributed by atoms with E-state index < -0.39 is 10.0 Å². The number of nitrogens with two attached hydrogens (primary N) is 1. The molecule has 1 atom stereocenters. The summed E-state index contributed by atoms with van der Waals surface area (Å²) in [5.41, 5.74) is 6.09. The molecular formula is C12H15ClN4O2S. The van der Waals surface area contributed by atoms with E-state index in [0.29, 0.717) is 35.7 Å². The summed E-state index contributed by atoms with van der Waals surface area (Å²) in [6.07, 6.45) is 3.79. The van der Waals surface area contributed by atoms with Gasteiger partial charge in [0.05, 0.1) is 10.4 Å². The minimum atomic E-state index is -3.57. The van der Waals surface area contributed by atoms with E-state index in [1.54, 1.807) is 6.07 Å². The van der Waals surface area contributed by atoms with E-state index in [1.807, 2.05) is 0 Å². The van der Waals surface area contributed by atoms with Crippen molar-refractivity contribution in [2.45, 2.75) is 11.3 Å². The zero-order valence-electron chi connectivity index (χ0n) is 10.7. The Morgan fingerprint density at radius 2 is 2.35 bits per heavy atom. The number of rotatable bonds is 3. The Morgan fingerprint density at radius 1 is 1.55 bits per heavy atom. The third kappa shape index (κ3) is 2.10. The molecule has 0 aliphatic carbocycles. The van der Waals surface area contributed by atoms with Crippen LogP contribution in [-0.4, -0.2) is 42.3 Å². The summed E-state index contributed by atoms with van der Waals surface area (Å²) < 4.78 is 26.9. The normalized spacial score (nSPS) is 20.8. The SMILES string of the molecule is NCC1CCN(S(=O)(=O)c2c[nH]c3nccc(Cl)c23)C1. The van der Waals surface area contributed by atoms with Crippen molar-refractivity contribution in [2.24, 2.45) is 11.7 Å². The molecule has 1 aliphatic heterocycles. The van der Waals surface area contributed by atoms with E-state index in [9.17, 15) is 8.42 Å². The second kappa shape index (κ2) is 5.00. The second-order valence-electron chi connectivity index (χ2n) is 4.92. The summed E-state index contributed by atoms with van der Waals surface area (Å²) in [5.74, 6) is 0.226. The van der Waals surface area contributed by atoms with Gasteiger partial charge >= 0.3 is 0 Å². The molecule has 6 nitrogen and oxygen atoms in total. The molecule has 2 aromatic heterocycles. The fourth-order valence-corrected chi connectivity index (χ4v) is 4.55. The molecule has 0 spiro atoms. The third-order valence-corrected chi connectivity index (χ3v) is 5.89. The Balaban J connectivity index is 2.06. The number of nitrogens with one attached hydrogen (secondary N) is 1. The van der Waals surface area contributed by atoms with Gasteiger partial charge in [-0.2, -0.15) is 4.31 Å². The van der Waals surface area contributed by atoms with Gasteiger partial charge in [-0.15, -0.1) is 0 Å². The van der Waals surface area contributed by atoms with E-state index in [2.05, 4.69) is 9.97 Å². The molecule has 3 N–H and O–H groups in total. The van der Waals surface area contributed by atoms with Crippen molar-refractivity contribution < 1.29 is 8.42 Å². The zero-order valence-corrected chi connectivity index (χ0v) is 12.3. The fraction of sp³-hybridized carbons (Fsp3) is 0.417. The van der Waals surface area contributed by atoms with E-state index in [-0.39, 0.29) is 10.8 Å². The molecule has 3 rings (SSSR count). The Morgan fingerprint density at radius 3 is 3.05 bits per heavy atom. The molecule has 1 aliphatic rings. The van der Waals surface area contributed by atoms with Gasteiger partial charge in [-0.1, -0.05) is 11.6 Å². The molecule has 0 radical (unpaired) electrons. The molecular weight excluding hydrogens is 300 g/mol. The highest BCUT2D eigenvalue weighted by Crippen LogP contribution is 2.32. The molecule has 1 fully saturated rings. The average molecular weight is 315 g/mol. The summed E-state index contributed by atoms with van der Waals surface area (Å²) in [6, 6.07) is 1.59. The van der Waals surface area contributed by atoms with Gasteiger partial charge in [0.25, 0.3) is 0 Å². The molecule has 2 aromatic rings. The Kier molecular flexibility index (Phi) is 3.45. The molecule has 0 bridgehead atoms. The smallest absolute Gasteiger partial charge is 0.245 e. The highest BCUT2D eigenvalue weighted by molar-refractivity contribution is 7.89. The number of hydrogen-bond donors (Lipinski definition) is 2. The number of halogens is 1. The lowest BCUT2D eigenvalue weighted by Gasteiger charge is -2.15. The van der Waals surface area contributed by atoms with Crippen LogP contribution in [0.5, 0.6) is 0 Å². The van der Waals surface area contributed by atoms with Gasteiger partial charge in [0.2, 0.25) is 10.0 Å². The first-order chi connectivity index (χ1) is 9.54. The van der Waals surface area contributed by atoms with E-state index in [4.69, 9.17) is 17.3 Å². The number of aromatic amines is 1. The lowest BCUT2D eigenvalue weighted by molar-refractivity contribution is 0.460. The summed E-state index contributed by atoms with van der Waals surface area (Å²) in [4.78, 5) is 7.13. The topological polar surface area (TPSA) is 92.1 Å². The van der Waals surface area contributed by atoms with Crippen molar-refractivity contribution in [2.75, 3.05) is 19.6 Å². The number of aromatic nitrogens is 2. The molecule has 1 unspecified atom stereocenters. The lowest BCUT2D eigenvalue weighted by atomic mass is 10.1. The van der Waals surface area contributed by atoms with Crippen LogP contribution in [0.15, 0.2) is 23.4 Å². The van der Waals surface area contributed by atoms with Crippen molar-refractivity contribution in [1.82, 2.24) is 14.3 Å². The molecule has 3 heterocycles. The van der Waals surface area contributed by atoms with Gasteiger partial charge in [0, 0.05) is 25.5 Å². The van der Waals surface area contributed by atoms with E-state index in [1.165, 1.54) is 16.7 Å². The highest BCUT2D eigenvalue weighted by Gasteiger charge is 2.34. The van der Waals surface area contributed by atoms with Gasteiger partial charge in [-0.3, -0.25) is 0 Å². The highest BCUT2D eigenvalue weighted by atomic mass is 35.5. The van der Waals surface area contributed by atoms with Crippen LogP contribution in [0.25, 0.3) is 11.0 Å². The van der Waals surface area contributed by atoms with Crippen molar-refractivity contribution >= 4 is 32.7 Å². The van der Waals surface area contributed by atoms with Crippen LogP contribution in [0, 0.1) is 5.92 Å². The minimum Gasteiger partial charge on any atom is -0.345 e. The van der Waals surface area contributed by atoms with Crippen LogP contribution < -0.4 is 5.73 Å². The van der Waals surface area contributed by atoms with Gasteiger partial charge in [-0.05, 0) is 24.9 Å². The van der Waals surface area contributed by atoms with Crippen LogP contribution in [-0.2, 0) is 10.0 Å². The number of pyridine rings is 1. The maximum Gasteiger partial charge on any atom is 0.245 e. The largest absolute Gasteiger partial charge is 0.345 e. The molecule has 0 saturated carbocycles. The summed E-state index contributed by atoms with van der Waals surface area (Å²) in [7, 11) is -3.57. The van der Waals surface area contributed by atoms with Crippen LogP contribution in [0.4, 0.5) is 0 Å². The molecule has 0 aromatic carbocycles. The second-order valence-corrected chi connectivity index (χ2v) is 7.24. The van der Waals surface area contributed by atoms with Crippen molar-refractivity contribution in [3.63, 3.8) is 0 Å². The van der Waals surface area contributed by atoms with Crippen LogP contribution in [0.1, 0.15) is 6.42 Å². The lowest BCUT2D eigenvalue weighted by Crippen LogP contribution is -2.29. The van der Waals surface area contributed by atoms with Crippen LogP contribution >= 0.6 is 11.6 Å². The van der Waals surface area contributed by atoms with Gasteiger partial charge in [0.1, 0.15) is 10.5 Å². The summed E-state index contributed by atoms with van der Waals surface area (Å²) in [5, 5.41) is 0.828. The van der Waals surface area contributed by atoms with E-state index in [0.717, 1.165) is 6.42 Å². The van der Waals surface area contributed by atoms with Crippen LogP contribution in [0.2, 0.25) is 5.02 Å². The van der Waals surface area contributed by atoms with Crippen molar-refractivity contribution in [3.8, 4) is 0 Å². The Bertz CT molecular complexity index is 743. The monoisotopic (exact) mass is 314 g/mol. The van der Waals surface area contributed by atoms with Crippen LogP contribution in [0.3, 0.4) is 0 Å². The summed E-state index contributed by atoms with van der Waals surface area (Å²) in [6.45, 7) is 1.46. The predicted molar refractivity (Wildman–Crippen MR) is 77.0 cm³/mol. The maximum absolute atomic E-state index is 12.7. The van der Waals surface area contributed by atoms with Crippen molar-refractivity contribution in [3.05, 3.63) is 23.5 Å². The summed E-state index contributed by atoms with van der Waals surface area (Å²) >= 11 is 6.11. The Hall–Kier alpha value is -1.15. The molecule has 108 valence electrons. The standard InChI is InChI=1S/C12H15ClN4O2S/c13-9-1-3-15-12-11(9)10(6-16-12)20(18,19)17-4-2-8(5-14)7-17/h1,3,6,8H,2,4-5,7,14H2,(H,15,16). The third-order valence-electron chi connectivity index (χ3n) is 3.69. The molecule has 8 heteroatoms. The predicted octanol–water partition coefficient (Wildman–Crippen LogP) is 1.19.